The zero-order chi connectivity index (χ0) is 20.5. The second kappa shape index (κ2) is 8.48. The number of piperidine rings is 1. The van der Waals surface area contributed by atoms with Crippen LogP contribution >= 0.6 is 0 Å². The Kier molecular flexibility index (Phi) is 5.57. The molecule has 3 aliphatic rings. The van der Waals surface area contributed by atoms with Crippen molar-refractivity contribution in [3.05, 3.63) is 75.7 Å². The number of hydrogen-bond donors (Lipinski definition) is 0. The van der Waals surface area contributed by atoms with Crippen LogP contribution in [0.1, 0.15) is 35.6 Å². The number of aromatic nitrogens is 1. The molecule has 5 heteroatoms. The highest BCUT2D eigenvalue weighted by atomic mass is 19.1. The monoisotopic (exact) mass is 407 g/mol. The number of likely N-dealkylation sites (tertiary alicyclic amines) is 2. The molecule has 3 aliphatic heterocycles. The van der Waals surface area contributed by atoms with Crippen LogP contribution in [0.15, 0.2) is 53.3 Å². The van der Waals surface area contributed by atoms with Crippen molar-refractivity contribution in [1.29, 1.82) is 0 Å². The summed E-state index contributed by atoms with van der Waals surface area (Å²) in [6.45, 7) is 5.58. The van der Waals surface area contributed by atoms with E-state index >= 15 is 0 Å². The molecule has 4 nitrogen and oxygen atoms in total. The zero-order valence-corrected chi connectivity index (χ0v) is 17.4. The van der Waals surface area contributed by atoms with E-state index in [9.17, 15) is 9.18 Å². The summed E-state index contributed by atoms with van der Waals surface area (Å²) in [4.78, 5) is 17.7. The molecule has 4 heterocycles. The molecule has 0 saturated carbocycles. The van der Waals surface area contributed by atoms with Crippen LogP contribution in [0, 0.1) is 5.92 Å². The van der Waals surface area contributed by atoms with Crippen molar-refractivity contribution in [2.45, 2.75) is 38.0 Å². The summed E-state index contributed by atoms with van der Waals surface area (Å²) in [6, 6.07) is 14.6. The third-order valence-corrected chi connectivity index (χ3v) is 6.84. The summed E-state index contributed by atoms with van der Waals surface area (Å²) in [5.74, 6) is 0.947. The third-order valence-electron chi connectivity index (χ3n) is 6.84. The second-order valence-electron chi connectivity index (χ2n) is 9.15. The van der Waals surface area contributed by atoms with E-state index in [-0.39, 0.29) is 5.56 Å². The minimum atomic E-state index is -0.744. The first kappa shape index (κ1) is 19.7. The van der Waals surface area contributed by atoms with Crippen LogP contribution in [0.2, 0.25) is 0 Å². The maximum absolute atomic E-state index is 13.5. The maximum Gasteiger partial charge on any atom is 0.255 e. The van der Waals surface area contributed by atoms with Gasteiger partial charge >= 0.3 is 0 Å². The normalized spacial score (nSPS) is 26.9. The van der Waals surface area contributed by atoms with Gasteiger partial charge in [-0.2, -0.15) is 0 Å². The lowest BCUT2D eigenvalue weighted by molar-refractivity contribution is 0.131. The van der Waals surface area contributed by atoms with Crippen molar-refractivity contribution in [3.63, 3.8) is 0 Å². The number of hydrogen-bond acceptors (Lipinski definition) is 3. The van der Waals surface area contributed by atoms with Gasteiger partial charge in [-0.1, -0.05) is 48.6 Å². The molecule has 2 fully saturated rings. The molecule has 0 amide bonds. The maximum atomic E-state index is 13.5. The van der Waals surface area contributed by atoms with Gasteiger partial charge in [0, 0.05) is 63.0 Å². The Morgan fingerprint density at radius 2 is 1.87 bits per heavy atom. The Hall–Kier alpha value is -2.24. The number of halogens is 1. The van der Waals surface area contributed by atoms with E-state index in [1.807, 2.05) is 16.7 Å². The van der Waals surface area contributed by atoms with Gasteiger partial charge in [0.1, 0.15) is 6.17 Å². The molecule has 0 aliphatic carbocycles. The lowest BCUT2D eigenvalue weighted by atomic mass is 9.83. The Bertz CT molecular complexity index is 970. The number of fused-ring (bicyclic) bond motifs is 4. The number of benzene rings is 1. The van der Waals surface area contributed by atoms with Crippen LogP contribution in [0.25, 0.3) is 6.08 Å². The molecule has 0 radical (unpaired) electrons. The standard InChI is InChI=1S/C25H30FN3O/c26-23-10-12-28(18-23)16-21-8-9-24-22-13-20(15-29(24)25(21)30)14-27(17-22)11-4-7-19-5-2-1-3-6-19/h1-9,20,22-23H,10-18H2/b7-4+/t20-,22+,23+/m0/s1. The fourth-order valence-electron chi connectivity index (χ4n) is 5.43. The van der Waals surface area contributed by atoms with Gasteiger partial charge in [-0.25, -0.2) is 4.39 Å². The van der Waals surface area contributed by atoms with Gasteiger partial charge < -0.3 is 4.57 Å². The number of alkyl halides is 1. The van der Waals surface area contributed by atoms with Crippen LogP contribution in [0.3, 0.4) is 0 Å². The molecule has 5 rings (SSSR count). The van der Waals surface area contributed by atoms with Crippen LogP contribution < -0.4 is 5.56 Å². The first-order valence-corrected chi connectivity index (χ1v) is 11.2. The Morgan fingerprint density at radius 1 is 1.00 bits per heavy atom. The molecule has 0 N–H and O–H groups in total. The van der Waals surface area contributed by atoms with Gasteiger partial charge in [0.2, 0.25) is 0 Å². The number of rotatable bonds is 5. The molecule has 1 aromatic heterocycles. The van der Waals surface area contributed by atoms with E-state index in [1.165, 1.54) is 17.7 Å². The summed E-state index contributed by atoms with van der Waals surface area (Å²) in [5, 5.41) is 0. The average Bonchev–Trinajstić information content (AvgIpc) is 3.16. The summed E-state index contributed by atoms with van der Waals surface area (Å²) >= 11 is 0. The van der Waals surface area contributed by atoms with Gasteiger partial charge in [0.25, 0.3) is 5.56 Å². The van der Waals surface area contributed by atoms with Gasteiger partial charge in [0.15, 0.2) is 0 Å². The molecule has 3 atom stereocenters. The fraction of sp³-hybridized carbons (Fsp3) is 0.480. The molecule has 1 aromatic carbocycles. The minimum absolute atomic E-state index is 0.141. The van der Waals surface area contributed by atoms with Crippen LogP contribution in [-0.4, -0.2) is 53.3 Å². The Labute approximate surface area is 177 Å². The quantitative estimate of drug-likeness (QED) is 0.759. The van der Waals surface area contributed by atoms with Crippen LogP contribution in [-0.2, 0) is 13.1 Å². The topological polar surface area (TPSA) is 28.5 Å². The van der Waals surface area contributed by atoms with E-state index in [2.05, 4.69) is 52.3 Å². The Balaban J connectivity index is 1.27. The van der Waals surface area contributed by atoms with Gasteiger partial charge in [-0.15, -0.1) is 0 Å². The molecular formula is C25H30FN3O. The number of pyridine rings is 1. The van der Waals surface area contributed by atoms with Crippen molar-refractivity contribution in [2.75, 3.05) is 32.7 Å². The van der Waals surface area contributed by atoms with E-state index in [0.717, 1.165) is 38.3 Å². The van der Waals surface area contributed by atoms with E-state index in [0.29, 0.717) is 31.3 Å². The predicted octanol–water partition coefficient (Wildman–Crippen LogP) is 3.52. The lowest BCUT2D eigenvalue weighted by Gasteiger charge is -2.42. The first-order valence-electron chi connectivity index (χ1n) is 11.2. The summed E-state index contributed by atoms with van der Waals surface area (Å²) < 4.78 is 15.5. The summed E-state index contributed by atoms with van der Waals surface area (Å²) in [6.07, 6.45) is 5.46. The number of nitrogens with zero attached hydrogens (tertiary/aromatic N) is 3. The highest BCUT2D eigenvalue weighted by Gasteiger charge is 2.34. The summed E-state index contributed by atoms with van der Waals surface area (Å²) in [7, 11) is 0. The second-order valence-corrected chi connectivity index (χ2v) is 9.15. The average molecular weight is 408 g/mol. The molecular weight excluding hydrogens is 377 g/mol. The largest absolute Gasteiger partial charge is 0.312 e. The lowest BCUT2D eigenvalue weighted by Crippen LogP contribution is -2.47. The van der Waals surface area contributed by atoms with Crippen molar-refractivity contribution in [3.8, 4) is 0 Å². The van der Waals surface area contributed by atoms with Crippen LogP contribution in [0.5, 0.6) is 0 Å². The predicted molar refractivity (Wildman–Crippen MR) is 118 cm³/mol. The first-order chi connectivity index (χ1) is 14.7. The van der Waals surface area contributed by atoms with Crippen molar-refractivity contribution in [1.82, 2.24) is 14.4 Å². The fourth-order valence-corrected chi connectivity index (χ4v) is 5.43. The molecule has 2 aromatic rings. The highest BCUT2D eigenvalue weighted by Crippen LogP contribution is 2.35. The summed E-state index contributed by atoms with van der Waals surface area (Å²) in [5.41, 5.74) is 3.37. The SMILES string of the molecule is O=c1c(CN2CC[C@@H](F)C2)ccc2n1C[C@H]1C[C@@H]2CN(C/C=C/c2ccccc2)C1. The van der Waals surface area contributed by atoms with Crippen LogP contribution in [0.4, 0.5) is 4.39 Å². The van der Waals surface area contributed by atoms with E-state index in [1.54, 1.807) is 0 Å². The molecule has 2 saturated heterocycles. The van der Waals surface area contributed by atoms with Gasteiger partial charge in [-0.05, 0) is 30.4 Å². The van der Waals surface area contributed by atoms with Crippen molar-refractivity contribution in [2.24, 2.45) is 5.92 Å². The van der Waals surface area contributed by atoms with Gasteiger partial charge in [0.05, 0.1) is 0 Å². The van der Waals surface area contributed by atoms with Gasteiger partial charge in [-0.3, -0.25) is 14.6 Å². The molecule has 30 heavy (non-hydrogen) atoms. The molecule has 158 valence electrons. The minimum Gasteiger partial charge on any atom is -0.312 e. The van der Waals surface area contributed by atoms with E-state index in [4.69, 9.17) is 0 Å². The van der Waals surface area contributed by atoms with E-state index < -0.39 is 6.17 Å². The smallest absolute Gasteiger partial charge is 0.255 e. The Morgan fingerprint density at radius 3 is 2.67 bits per heavy atom. The van der Waals surface area contributed by atoms with Crippen molar-refractivity contribution >= 4 is 6.08 Å². The zero-order valence-electron chi connectivity index (χ0n) is 17.4. The molecule has 2 bridgehead atoms. The molecule has 0 spiro atoms. The van der Waals surface area contributed by atoms with Crippen molar-refractivity contribution < 1.29 is 4.39 Å². The third kappa shape index (κ3) is 4.14. The highest BCUT2D eigenvalue weighted by molar-refractivity contribution is 5.48. The molecule has 0 unspecified atom stereocenters.